The summed E-state index contributed by atoms with van der Waals surface area (Å²) in [5.74, 6) is 1.81. The van der Waals surface area contributed by atoms with Crippen molar-refractivity contribution in [1.29, 1.82) is 0 Å². The molecule has 0 aliphatic heterocycles. The van der Waals surface area contributed by atoms with Gasteiger partial charge in [-0.15, -0.1) is 0 Å². The zero-order valence-electron chi connectivity index (χ0n) is 30.1. The van der Waals surface area contributed by atoms with E-state index in [1.807, 2.05) is 18.2 Å². The molecule has 0 saturated carbocycles. The minimum Gasteiger partial charge on any atom is -0.307 e. The van der Waals surface area contributed by atoms with Gasteiger partial charge in [0.25, 0.3) is 0 Å². The molecule has 260 valence electrons. The number of fused-ring (bicyclic) bond motifs is 13. The second-order valence-corrected chi connectivity index (χ2v) is 14.4. The van der Waals surface area contributed by atoms with Gasteiger partial charge >= 0.3 is 0 Å². The van der Waals surface area contributed by atoms with Crippen molar-refractivity contribution in [3.63, 3.8) is 0 Å². The second kappa shape index (κ2) is 11.9. The van der Waals surface area contributed by atoms with Gasteiger partial charge in [0.15, 0.2) is 11.6 Å². The Balaban J connectivity index is 1.21. The molecule has 5 nitrogen and oxygen atoms in total. The highest BCUT2D eigenvalue weighted by atomic mass is 15.2. The van der Waals surface area contributed by atoms with Crippen molar-refractivity contribution >= 4 is 75.9 Å². The van der Waals surface area contributed by atoms with E-state index in [0.29, 0.717) is 17.6 Å². The lowest BCUT2D eigenvalue weighted by Gasteiger charge is -2.14. The van der Waals surface area contributed by atoms with Crippen LogP contribution < -0.4 is 0 Å². The standard InChI is InChI=1S/C51H31N5/c1-3-15-32(16-4-1)49-52-50(33-27-28-39-37-21-8-7-19-35(37)36-20-9-10-22-38(36)44(39)31-33)54-51(53-49)56-46-26-14-12-24-41(46)43-30-29-42-40-23-11-13-25-45(40)55(47(42)48(43)56)34-17-5-2-6-18-34/h1-31H. The predicted octanol–water partition coefficient (Wildman–Crippen LogP) is 12.9. The van der Waals surface area contributed by atoms with Crippen molar-refractivity contribution in [3.05, 3.63) is 188 Å². The third kappa shape index (κ3) is 4.46. The summed E-state index contributed by atoms with van der Waals surface area (Å²) in [5.41, 5.74) is 7.30. The van der Waals surface area contributed by atoms with E-state index in [1.165, 1.54) is 43.1 Å². The molecule has 0 bridgehead atoms. The molecule has 0 atom stereocenters. The van der Waals surface area contributed by atoms with Crippen LogP contribution in [0, 0.1) is 0 Å². The minimum absolute atomic E-state index is 0.570. The Hall–Kier alpha value is -7.63. The molecule has 56 heavy (non-hydrogen) atoms. The second-order valence-electron chi connectivity index (χ2n) is 14.4. The Morgan fingerprint density at radius 2 is 0.714 bits per heavy atom. The van der Waals surface area contributed by atoms with E-state index in [9.17, 15) is 0 Å². The van der Waals surface area contributed by atoms with Gasteiger partial charge < -0.3 is 4.57 Å². The highest BCUT2D eigenvalue weighted by molar-refractivity contribution is 6.26. The number of benzene rings is 9. The monoisotopic (exact) mass is 713 g/mol. The number of rotatable bonds is 4. The van der Waals surface area contributed by atoms with E-state index >= 15 is 0 Å². The average molecular weight is 714 g/mol. The Morgan fingerprint density at radius 1 is 0.286 bits per heavy atom. The summed E-state index contributed by atoms with van der Waals surface area (Å²) in [6.45, 7) is 0. The SMILES string of the molecule is c1ccc(-c2nc(-c3ccc4c5ccccc5c5ccccc5c4c3)nc(-n3c4ccccc4c4ccc5c6ccccc6n(-c6ccccc6)c5c43)n2)cc1. The van der Waals surface area contributed by atoms with Gasteiger partial charge in [-0.05, 0) is 62.6 Å². The van der Waals surface area contributed by atoms with Gasteiger partial charge in [-0.2, -0.15) is 9.97 Å². The summed E-state index contributed by atoms with van der Waals surface area (Å²) in [4.78, 5) is 15.9. The summed E-state index contributed by atoms with van der Waals surface area (Å²) in [5, 5.41) is 12.0. The van der Waals surface area contributed by atoms with Crippen LogP contribution in [0.2, 0.25) is 0 Å². The van der Waals surface area contributed by atoms with Gasteiger partial charge in [-0.1, -0.05) is 158 Å². The highest BCUT2D eigenvalue weighted by Crippen LogP contribution is 2.42. The molecular weight excluding hydrogens is 683 g/mol. The third-order valence-corrected chi connectivity index (χ3v) is 11.3. The highest BCUT2D eigenvalue weighted by Gasteiger charge is 2.23. The molecule has 3 heterocycles. The molecule has 0 N–H and O–H groups in total. The van der Waals surface area contributed by atoms with E-state index < -0.39 is 0 Å². The van der Waals surface area contributed by atoms with Gasteiger partial charge in [-0.25, -0.2) is 4.98 Å². The zero-order chi connectivity index (χ0) is 36.7. The molecule has 0 saturated heterocycles. The van der Waals surface area contributed by atoms with E-state index in [0.717, 1.165) is 49.7 Å². The van der Waals surface area contributed by atoms with Crippen LogP contribution in [0.3, 0.4) is 0 Å². The first-order chi connectivity index (χ1) is 27.8. The van der Waals surface area contributed by atoms with Crippen molar-refractivity contribution in [2.75, 3.05) is 0 Å². The minimum atomic E-state index is 0.570. The van der Waals surface area contributed by atoms with Crippen LogP contribution in [0.5, 0.6) is 0 Å². The van der Waals surface area contributed by atoms with Crippen LogP contribution in [0.15, 0.2) is 188 Å². The third-order valence-electron chi connectivity index (χ3n) is 11.3. The van der Waals surface area contributed by atoms with Crippen molar-refractivity contribution in [3.8, 4) is 34.4 Å². The van der Waals surface area contributed by atoms with Crippen LogP contribution >= 0.6 is 0 Å². The summed E-state index contributed by atoms with van der Waals surface area (Å²) in [6.07, 6.45) is 0. The van der Waals surface area contributed by atoms with E-state index in [1.54, 1.807) is 0 Å². The molecule has 0 radical (unpaired) electrons. The summed E-state index contributed by atoms with van der Waals surface area (Å²) in [6, 6.07) is 66.7. The lowest BCUT2D eigenvalue weighted by atomic mass is 9.93. The van der Waals surface area contributed by atoms with Gasteiger partial charge in [0.2, 0.25) is 5.95 Å². The van der Waals surface area contributed by atoms with Crippen LogP contribution in [0.25, 0.3) is 110 Å². The van der Waals surface area contributed by atoms with Crippen LogP contribution in [0.1, 0.15) is 0 Å². The topological polar surface area (TPSA) is 48.5 Å². The molecule has 0 amide bonds. The molecule has 0 spiro atoms. The van der Waals surface area contributed by atoms with E-state index in [4.69, 9.17) is 15.0 Å². The Kier molecular flexibility index (Phi) is 6.56. The smallest absolute Gasteiger partial charge is 0.238 e. The first-order valence-electron chi connectivity index (χ1n) is 19.0. The van der Waals surface area contributed by atoms with Gasteiger partial charge in [0, 0.05) is 38.4 Å². The fourth-order valence-electron chi connectivity index (χ4n) is 8.91. The van der Waals surface area contributed by atoms with Gasteiger partial charge in [0.05, 0.1) is 22.1 Å². The van der Waals surface area contributed by atoms with E-state index in [2.05, 4.69) is 179 Å². The average Bonchev–Trinajstić information content (AvgIpc) is 3.80. The van der Waals surface area contributed by atoms with Crippen molar-refractivity contribution in [2.24, 2.45) is 0 Å². The quantitative estimate of drug-likeness (QED) is 0.171. The molecule has 3 aromatic heterocycles. The van der Waals surface area contributed by atoms with Crippen molar-refractivity contribution in [1.82, 2.24) is 24.1 Å². The van der Waals surface area contributed by atoms with Crippen molar-refractivity contribution in [2.45, 2.75) is 0 Å². The number of para-hydroxylation sites is 3. The van der Waals surface area contributed by atoms with Crippen LogP contribution in [-0.2, 0) is 0 Å². The van der Waals surface area contributed by atoms with E-state index in [-0.39, 0.29) is 0 Å². The molecule has 0 fully saturated rings. The normalized spacial score (nSPS) is 11.9. The Morgan fingerprint density at radius 3 is 1.32 bits per heavy atom. The van der Waals surface area contributed by atoms with Gasteiger partial charge in [-0.3, -0.25) is 4.57 Å². The molecule has 12 rings (SSSR count). The van der Waals surface area contributed by atoms with Crippen LogP contribution in [0.4, 0.5) is 0 Å². The maximum absolute atomic E-state index is 5.42. The first-order valence-corrected chi connectivity index (χ1v) is 19.0. The zero-order valence-corrected chi connectivity index (χ0v) is 30.1. The molecule has 12 aromatic rings. The maximum Gasteiger partial charge on any atom is 0.238 e. The van der Waals surface area contributed by atoms with Gasteiger partial charge in [0.1, 0.15) is 0 Å². The summed E-state index contributed by atoms with van der Waals surface area (Å²) >= 11 is 0. The number of hydrogen-bond donors (Lipinski definition) is 0. The number of hydrogen-bond acceptors (Lipinski definition) is 3. The number of nitrogens with zero attached hydrogens (tertiary/aromatic N) is 5. The molecule has 5 heteroatoms. The fraction of sp³-hybridized carbons (Fsp3) is 0. The molecule has 0 aliphatic carbocycles. The summed E-state index contributed by atoms with van der Waals surface area (Å²) in [7, 11) is 0. The number of aromatic nitrogens is 5. The lowest BCUT2D eigenvalue weighted by Crippen LogP contribution is -2.07. The van der Waals surface area contributed by atoms with Crippen LogP contribution in [-0.4, -0.2) is 24.1 Å². The Labute approximate surface area is 321 Å². The largest absolute Gasteiger partial charge is 0.307 e. The summed E-state index contributed by atoms with van der Waals surface area (Å²) < 4.78 is 4.65. The molecular formula is C51H31N5. The Bertz CT molecular complexity index is 3490. The van der Waals surface area contributed by atoms with Crippen molar-refractivity contribution < 1.29 is 0 Å². The molecule has 0 aliphatic rings. The lowest BCUT2D eigenvalue weighted by molar-refractivity contribution is 0.953. The molecule has 0 unspecified atom stereocenters. The molecule has 9 aromatic carbocycles. The first kappa shape index (κ1) is 30.8. The predicted molar refractivity (Wildman–Crippen MR) is 232 cm³/mol. The maximum atomic E-state index is 5.42. The fourth-order valence-corrected chi connectivity index (χ4v) is 8.91.